The number of carbonyl (C=O) groups excluding carboxylic acids is 4. The first kappa shape index (κ1) is 31.5. The Hall–Kier alpha value is -3.46. The number of hydrogen-bond acceptors (Lipinski definition) is 9. The summed E-state index contributed by atoms with van der Waals surface area (Å²) in [6, 6.07) is 8.63. The van der Waals surface area contributed by atoms with Gasteiger partial charge in [-0.2, -0.15) is 0 Å². The van der Waals surface area contributed by atoms with Gasteiger partial charge in [0, 0.05) is 38.0 Å². The second-order valence-corrected chi connectivity index (χ2v) is 12.7. The van der Waals surface area contributed by atoms with Crippen molar-refractivity contribution >= 4 is 23.9 Å². The van der Waals surface area contributed by atoms with Crippen molar-refractivity contribution < 1.29 is 43.2 Å². The first-order valence-corrected chi connectivity index (χ1v) is 14.4. The predicted molar refractivity (Wildman–Crippen MR) is 153 cm³/mol. The van der Waals surface area contributed by atoms with Gasteiger partial charge in [0.25, 0.3) is 0 Å². The molecule has 4 rings (SSSR count). The highest BCUT2D eigenvalue weighted by atomic mass is 16.6. The molecular formula is C33H42O9. The number of fused-ring (bicyclic) bond motifs is 3. The SMILES string of the molecule is C=C1C(OC(=O)c2ccccc2)CCC2(C)C(OC(C)=O)C(OC(C)=O)C3=C(C)C(O)CC(C(OC(C)=O)C12)C3(C)C. The van der Waals surface area contributed by atoms with E-state index in [2.05, 4.69) is 6.58 Å². The van der Waals surface area contributed by atoms with Gasteiger partial charge in [-0.15, -0.1) is 0 Å². The van der Waals surface area contributed by atoms with Crippen molar-refractivity contribution in [2.45, 2.75) is 98.2 Å². The molecule has 8 atom stereocenters. The molecule has 2 fully saturated rings. The van der Waals surface area contributed by atoms with Gasteiger partial charge in [-0.05, 0) is 60.5 Å². The Morgan fingerprint density at radius 2 is 1.50 bits per heavy atom. The summed E-state index contributed by atoms with van der Waals surface area (Å²) in [5.74, 6) is -3.28. The Morgan fingerprint density at radius 3 is 2.07 bits per heavy atom. The molecule has 3 aliphatic rings. The molecule has 9 heteroatoms. The fraction of sp³-hybridized carbons (Fsp3) is 0.576. The molecule has 0 spiro atoms. The molecule has 0 aliphatic heterocycles. The third-order valence-corrected chi connectivity index (χ3v) is 9.57. The summed E-state index contributed by atoms with van der Waals surface area (Å²) in [5, 5.41) is 11.3. The standard InChI is InChI=1S/C33H42O9/c1-17-24(37)16-23-28(39-19(3)34)27-18(2)25(42-31(38)22-12-10-9-11-13-22)14-15-33(27,8)30(41-21(5)36)29(40-20(4)35)26(17)32(23,6)7/h9-13,23-25,27-30,37H,2,14-16H2,1,3-8H3. The minimum atomic E-state index is -1.01. The van der Waals surface area contributed by atoms with Gasteiger partial charge in [0.05, 0.1) is 11.7 Å². The summed E-state index contributed by atoms with van der Waals surface area (Å²) in [4.78, 5) is 51.0. The van der Waals surface area contributed by atoms with Crippen LogP contribution in [0.4, 0.5) is 0 Å². The molecule has 2 bridgehead atoms. The molecule has 0 aromatic heterocycles. The van der Waals surface area contributed by atoms with Crippen molar-refractivity contribution in [3.63, 3.8) is 0 Å². The zero-order valence-electron chi connectivity index (χ0n) is 25.5. The predicted octanol–water partition coefficient (Wildman–Crippen LogP) is 4.72. The van der Waals surface area contributed by atoms with Gasteiger partial charge in [-0.25, -0.2) is 4.79 Å². The van der Waals surface area contributed by atoms with E-state index in [-0.39, 0.29) is 6.42 Å². The lowest BCUT2D eigenvalue weighted by atomic mass is 9.49. The summed E-state index contributed by atoms with van der Waals surface area (Å²) in [6.45, 7) is 15.9. The molecule has 0 amide bonds. The van der Waals surface area contributed by atoms with Crippen molar-refractivity contribution in [1.29, 1.82) is 0 Å². The van der Waals surface area contributed by atoms with Gasteiger partial charge in [0.1, 0.15) is 18.3 Å². The Kier molecular flexibility index (Phi) is 8.74. The second-order valence-electron chi connectivity index (χ2n) is 12.7. The summed E-state index contributed by atoms with van der Waals surface area (Å²) in [6.07, 6.45) is -3.47. The zero-order valence-corrected chi connectivity index (χ0v) is 25.5. The molecule has 2 saturated carbocycles. The second kappa shape index (κ2) is 11.7. The number of benzene rings is 1. The van der Waals surface area contributed by atoms with Crippen molar-refractivity contribution in [2.24, 2.45) is 22.7 Å². The van der Waals surface area contributed by atoms with Crippen LogP contribution >= 0.6 is 0 Å². The summed E-state index contributed by atoms with van der Waals surface area (Å²) in [7, 11) is 0. The number of aliphatic hydroxyl groups excluding tert-OH is 1. The van der Waals surface area contributed by atoms with E-state index in [0.29, 0.717) is 35.1 Å². The Labute approximate surface area is 247 Å². The number of esters is 4. The van der Waals surface area contributed by atoms with Gasteiger partial charge < -0.3 is 24.1 Å². The third kappa shape index (κ3) is 5.63. The van der Waals surface area contributed by atoms with E-state index in [0.717, 1.165) is 0 Å². The average Bonchev–Trinajstić information content (AvgIpc) is 2.89. The van der Waals surface area contributed by atoms with Gasteiger partial charge in [0.2, 0.25) is 0 Å². The van der Waals surface area contributed by atoms with E-state index in [1.165, 1.54) is 20.8 Å². The topological polar surface area (TPSA) is 125 Å². The van der Waals surface area contributed by atoms with Crippen molar-refractivity contribution in [2.75, 3.05) is 0 Å². The molecule has 3 aliphatic carbocycles. The van der Waals surface area contributed by atoms with Crippen LogP contribution in [0.15, 0.2) is 53.6 Å². The molecule has 9 nitrogen and oxygen atoms in total. The number of rotatable bonds is 5. The Bertz CT molecular complexity index is 1300. The molecule has 1 N–H and O–H groups in total. The Balaban J connectivity index is 1.93. The van der Waals surface area contributed by atoms with Crippen LogP contribution in [0, 0.1) is 22.7 Å². The summed E-state index contributed by atoms with van der Waals surface area (Å²) < 4.78 is 24.1. The third-order valence-electron chi connectivity index (χ3n) is 9.57. The van der Waals surface area contributed by atoms with Gasteiger partial charge >= 0.3 is 23.9 Å². The van der Waals surface area contributed by atoms with Crippen LogP contribution in [0.2, 0.25) is 0 Å². The highest BCUT2D eigenvalue weighted by Gasteiger charge is 2.64. The van der Waals surface area contributed by atoms with Gasteiger partial charge in [0.15, 0.2) is 6.10 Å². The van der Waals surface area contributed by atoms with Crippen LogP contribution in [-0.2, 0) is 33.3 Å². The molecule has 0 saturated heterocycles. The molecule has 0 radical (unpaired) electrons. The minimum Gasteiger partial charge on any atom is -0.462 e. The highest BCUT2D eigenvalue weighted by molar-refractivity contribution is 5.89. The summed E-state index contributed by atoms with van der Waals surface area (Å²) >= 11 is 0. The van der Waals surface area contributed by atoms with Crippen molar-refractivity contribution in [3.05, 3.63) is 59.2 Å². The first-order valence-electron chi connectivity index (χ1n) is 14.4. The van der Waals surface area contributed by atoms with Crippen LogP contribution in [-0.4, -0.2) is 59.5 Å². The fourth-order valence-electron chi connectivity index (χ4n) is 7.70. The maximum Gasteiger partial charge on any atom is 0.338 e. The van der Waals surface area contributed by atoms with Gasteiger partial charge in [-0.3, -0.25) is 14.4 Å². The molecular weight excluding hydrogens is 540 g/mol. The smallest absolute Gasteiger partial charge is 0.338 e. The normalized spacial score (nSPS) is 33.8. The largest absolute Gasteiger partial charge is 0.462 e. The number of carbonyl (C=O) groups is 4. The minimum absolute atomic E-state index is 0.277. The quantitative estimate of drug-likeness (QED) is 0.298. The van der Waals surface area contributed by atoms with Crippen molar-refractivity contribution in [1.82, 2.24) is 0 Å². The van der Waals surface area contributed by atoms with Crippen LogP contribution < -0.4 is 0 Å². The molecule has 42 heavy (non-hydrogen) atoms. The van der Waals surface area contributed by atoms with Gasteiger partial charge in [-0.1, -0.05) is 45.5 Å². The fourth-order valence-corrected chi connectivity index (χ4v) is 7.70. The van der Waals surface area contributed by atoms with Crippen LogP contribution in [0.25, 0.3) is 0 Å². The number of hydrogen-bond donors (Lipinski definition) is 1. The lowest BCUT2D eigenvalue weighted by Crippen LogP contribution is -2.64. The molecule has 8 unspecified atom stereocenters. The van der Waals surface area contributed by atoms with Crippen LogP contribution in [0.3, 0.4) is 0 Å². The molecule has 1 aromatic rings. The van der Waals surface area contributed by atoms with E-state index >= 15 is 0 Å². The Morgan fingerprint density at radius 1 is 0.905 bits per heavy atom. The lowest BCUT2D eigenvalue weighted by molar-refractivity contribution is -0.203. The van der Waals surface area contributed by atoms with Crippen molar-refractivity contribution in [3.8, 4) is 0 Å². The number of ether oxygens (including phenoxy) is 4. The van der Waals surface area contributed by atoms with E-state index in [1.54, 1.807) is 37.3 Å². The van der Waals surface area contributed by atoms with Crippen LogP contribution in [0.1, 0.15) is 78.1 Å². The number of aliphatic hydroxyl groups is 1. The summed E-state index contributed by atoms with van der Waals surface area (Å²) in [5.41, 5.74) is 0.457. The highest BCUT2D eigenvalue weighted by Crippen LogP contribution is 2.61. The monoisotopic (exact) mass is 582 g/mol. The van der Waals surface area contributed by atoms with E-state index in [1.807, 2.05) is 20.8 Å². The zero-order chi connectivity index (χ0) is 31.1. The van der Waals surface area contributed by atoms with E-state index in [4.69, 9.17) is 18.9 Å². The average molecular weight is 583 g/mol. The van der Waals surface area contributed by atoms with E-state index in [9.17, 15) is 24.3 Å². The maximum atomic E-state index is 13.1. The molecule has 228 valence electrons. The van der Waals surface area contributed by atoms with Crippen LogP contribution in [0.5, 0.6) is 0 Å². The maximum absolute atomic E-state index is 13.1. The molecule has 0 heterocycles. The molecule has 1 aromatic carbocycles. The lowest BCUT2D eigenvalue weighted by Gasteiger charge is -2.60. The first-order chi connectivity index (χ1) is 19.6. The van der Waals surface area contributed by atoms with E-state index < -0.39 is 77.1 Å².